The van der Waals surface area contributed by atoms with E-state index in [1.807, 2.05) is 0 Å². The molecule has 0 aliphatic carbocycles. The van der Waals surface area contributed by atoms with Gasteiger partial charge in [-0.25, -0.2) is 4.98 Å². The van der Waals surface area contributed by atoms with Crippen LogP contribution in [0, 0.1) is 6.92 Å². The third-order valence-electron chi connectivity index (χ3n) is 3.26. The molecule has 0 aliphatic heterocycles. The van der Waals surface area contributed by atoms with Crippen LogP contribution in [0.5, 0.6) is 11.5 Å². The van der Waals surface area contributed by atoms with Crippen molar-refractivity contribution in [1.82, 2.24) is 15.0 Å². The van der Waals surface area contributed by atoms with Crippen LogP contribution in [-0.4, -0.2) is 20.7 Å². The number of ether oxygens (including phenoxy) is 1. The number of carbonyl (C=O) groups excluding carboxylic acids is 1. The summed E-state index contributed by atoms with van der Waals surface area (Å²) in [6.07, 6.45) is 4.70. The van der Waals surface area contributed by atoms with E-state index < -0.39 is 0 Å². The second kappa shape index (κ2) is 7.59. The maximum atomic E-state index is 12.5. The van der Waals surface area contributed by atoms with Crippen LogP contribution in [0.25, 0.3) is 0 Å². The summed E-state index contributed by atoms with van der Waals surface area (Å²) in [6, 6.07) is 8.38. The molecule has 0 atom stereocenters. The fraction of sp³-hybridized carbons (Fsp3) is 0.111. The van der Waals surface area contributed by atoms with Crippen molar-refractivity contribution in [3.05, 3.63) is 76.0 Å². The molecule has 0 fully saturated rings. The monoisotopic (exact) mass is 373 g/mol. The number of pyridine rings is 3. The van der Waals surface area contributed by atoms with Gasteiger partial charge in [0.1, 0.15) is 17.2 Å². The minimum absolute atomic E-state index is 0.131. The number of rotatable bonds is 5. The maximum absolute atomic E-state index is 12.5. The number of Topliss-reactive ketones (excluding diaryl/α,β-unsaturated/α-hetero) is 1. The van der Waals surface area contributed by atoms with E-state index in [2.05, 4.69) is 15.0 Å². The highest BCUT2D eigenvalue weighted by Gasteiger charge is 2.13. The third kappa shape index (κ3) is 4.75. The van der Waals surface area contributed by atoms with Crippen molar-refractivity contribution in [3.63, 3.8) is 0 Å². The van der Waals surface area contributed by atoms with E-state index in [4.69, 9.17) is 27.9 Å². The Kier molecular flexibility index (Phi) is 5.26. The van der Waals surface area contributed by atoms with Crippen LogP contribution in [0.2, 0.25) is 10.0 Å². The van der Waals surface area contributed by atoms with E-state index in [9.17, 15) is 4.79 Å². The maximum Gasteiger partial charge on any atom is 0.187 e. The SMILES string of the molecule is Cc1cc(Oc2cncc(Cl)c2)cc(C(=O)Cc2ccc(Cl)cn2)n1. The van der Waals surface area contributed by atoms with E-state index in [0.29, 0.717) is 38.6 Å². The Morgan fingerprint density at radius 1 is 1.04 bits per heavy atom. The molecule has 0 N–H and O–H groups in total. The summed E-state index contributed by atoms with van der Waals surface area (Å²) in [4.78, 5) is 24.9. The van der Waals surface area contributed by atoms with Gasteiger partial charge in [0.25, 0.3) is 0 Å². The third-order valence-corrected chi connectivity index (χ3v) is 3.69. The number of aryl methyl sites for hydroxylation is 1. The Balaban J connectivity index is 1.80. The molecule has 5 nitrogen and oxygen atoms in total. The van der Waals surface area contributed by atoms with Crippen LogP contribution < -0.4 is 4.74 Å². The molecule has 126 valence electrons. The molecular weight excluding hydrogens is 361 g/mol. The van der Waals surface area contributed by atoms with Crippen molar-refractivity contribution in [1.29, 1.82) is 0 Å². The predicted molar refractivity (Wildman–Crippen MR) is 95.6 cm³/mol. The Bertz CT molecular complexity index is 914. The first-order chi connectivity index (χ1) is 12.0. The van der Waals surface area contributed by atoms with Gasteiger partial charge in [0.05, 0.1) is 22.7 Å². The van der Waals surface area contributed by atoms with Gasteiger partial charge in [-0.2, -0.15) is 0 Å². The van der Waals surface area contributed by atoms with Crippen molar-refractivity contribution >= 4 is 29.0 Å². The molecule has 0 saturated heterocycles. The second-order valence-corrected chi connectivity index (χ2v) is 6.21. The summed E-state index contributed by atoms with van der Waals surface area (Å²) < 4.78 is 5.72. The molecule has 0 aromatic carbocycles. The van der Waals surface area contributed by atoms with Gasteiger partial charge in [0, 0.05) is 42.0 Å². The van der Waals surface area contributed by atoms with Crippen molar-refractivity contribution in [2.45, 2.75) is 13.3 Å². The molecule has 0 unspecified atom stereocenters. The zero-order valence-corrected chi connectivity index (χ0v) is 14.8. The highest BCUT2D eigenvalue weighted by atomic mass is 35.5. The lowest BCUT2D eigenvalue weighted by molar-refractivity contribution is 0.0986. The molecule has 7 heteroatoms. The fourth-order valence-electron chi connectivity index (χ4n) is 2.19. The zero-order valence-electron chi connectivity index (χ0n) is 13.2. The fourth-order valence-corrected chi connectivity index (χ4v) is 2.46. The largest absolute Gasteiger partial charge is 0.456 e. The van der Waals surface area contributed by atoms with Gasteiger partial charge in [-0.15, -0.1) is 0 Å². The number of halogens is 2. The second-order valence-electron chi connectivity index (χ2n) is 5.34. The molecule has 3 rings (SSSR count). The summed E-state index contributed by atoms with van der Waals surface area (Å²) >= 11 is 11.7. The van der Waals surface area contributed by atoms with Gasteiger partial charge >= 0.3 is 0 Å². The van der Waals surface area contributed by atoms with Gasteiger partial charge in [-0.3, -0.25) is 14.8 Å². The Morgan fingerprint density at radius 2 is 1.88 bits per heavy atom. The van der Waals surface area contributed by atoms with Crippen LogP contribution in [-0.2, 0) is 6.42 Å². The van der Waals surface area contributed by atoms with Crippen LogP contribution in [0.1, 0.15) is 21.9 Å². The van der Waals surface area contributed by atoms with Gasteiger partial charge in [0.2, 0.25) is 0 Å². The van der Waals surface area contributed by atoms with Crippen LogP contribution >= 0.6 is 23.2 Å². The molecule has 0 radical (unpaired) electrons. The number of hydrogen-bond acceptors (Lipinski definition) is 5. The summed E-state index contributed by atoms with van der Waals surface area (Å²) in [7, 11) is 0. The molecular formula is C18H13Cl2N3O2. The Labute approximate surface area is 154 Å². The normalized spacial score (nSPS) is 10.5. The van der Waals surface area contributed by atoms with E-state index >= 15 is 0 Å². The molecule has 3 heterocycles. The summed E-state index contributed by atoms with van der Waals surface area (Å²) in [5.41, 5.74) is 1.60. The van der Waals surface area contributed by atoms with E-state index in [-0.39, 0.29) is 12.2 Å². The van der Waals surface area contributed by atoms with Crippen molar-refractivity contribution in [2.24, 2.45) is 0 Å². The summed E-state index contributed by atoms with van der Waals surface area (Å²) in [6.45, 7) is 1.79. The quantitative estimate of drug-likeness (QED) is 0.606. The molecule has 0 bridgehead atoms. The molecule has 25 heavy (non-hydrogen) atoms. The zero-order chi connectivity index (χ0) is 17.8. The first kappa shape index (κ1) is 17.3. The Morgan fingerprint density at radius 3 is 2.60 bits per heavy atom. The lowest BCUT2D eigenvalue weighted by Crippen LogP contribution is -2.08. The number of ketones is 1. The van der Waals surface area contributed by atoms with E-state index in [0.717, 1.165) is 0 Å². The Hall–Kier alpha value is -2.50. The number of nitrogens with zero attached hydrogens (tertiary/aromatic N) is 3. The highest BCUT2D eigenvalue weighted by Crippen LogP contribution is 2.24. The molecule has 0 spiro atoms. The number of carbonyl (C=O) groups is 1. The molecule has 0 saturated carbocycles. The lowest BCUT2D eigenvalue weighted by atomic mass is 10.1. The summed E-state index contributed by atoms with van der Waals surface area (Å²) in [5, 5.41) is 0.990. The first-order valence-corrected chi connectivity index (χ1v) is 8.16. The molecule has 3 aromatic rings. The van der Waals surface area contributed by atoms with Gasteiger partial charge < -0.3 is 4.74 Å². The molecule has 3 aromatic heterocycles. The van der Waals surface area contributed by atoms with E-state index in [1.165, 1.54) is 12.4 Å². The lowest BCUT2D eigenvalue weighted by Gasteiger charge is -2.08. The van der Waals surface area contributed by atoms with Crippen LogP contribution in [0.15, 0.2) is 48.9 Å². The van der Waals surface area contributed by atoms with Crippen LogP contribution in [0.4, 0.5) is 0 Å². The van der Waals surface area contributed by atoms with Crippen molar-refractivity contribution < 1.29 is 9.53 Å². The highest BCUT2D eigenvalue weighted by molar-refractivity contribution is 6.30. The van der Waals surface area contributed by atoms with Crippen molar-refractivity contribution in [3.8, 4) is 11.5 Å². The van der Waals surface area contributed by atoms with Gasteiger partial charge in [-0.05, 0) is 19.1 Å². The average molecular weight is 374 g/mol. The smallest absolute Gasteiger partial charge is 0.187 e. The number of aromatic nitrogens is 3. The standard InChI is InChI=1S/C18H13Cl2N3O2/c1-11-4-15(25-16-5-13(20)8-21-10-16)7-17(23-11)18(24)6-14-3-2-12(19)9-22-14/h2-5,7-10H,6H2,1H3. The van der Waals surface area contributed by atoms with E-state index in [1.54, 1.807) is 43.5 Å². The van der Waals surface area contributed by atoms with Gasteiger partial charge in [0.15, 0.2) is 5.78 Å². The topological polar surface area (TPSA) is 65.0 Å². The minimum atomic E-state index is -0.160. The van der Waals surface area contributed by atoms with Gasteiger partial charge in [-0.1, -0.05) is 23.2 Å². The van der Waals surface area contributed by atoms with Crippen molar-refractivity contribution in [2.75, 3.05) is 0 Å². The summed E-state index contributed by atoms with van der Waals surface area (Å²) in [5.74, 6) is 0.812. The molecule has 0 amide bonds. The number of hydrogen-bond donors (Lipinski definition) is 0. The molecule has 0 aliphatic rings. The predicted octanol–water partition coefficient (Wildman–Crippen LogP) is 4.70. The first-order valence-electron chi connectivity index (χ1n) is 7.40. The average Bonchev–Trinajstić information content (AvgIpc) is 2.56. The van der Waals surface area contributed by atoms with Crippen LogP contribution in [0.3, 0.4) is 0 Å². The minimum Gasteiger partial charge on any atom is -0.456 e.